The molecule has 0 fully saturated rings. The molecule has 4 N–H and O–H groups in total. The van der Waals surface area contributed by atoms with E-state index in [1.165, 1.54) is 47.9 Å². The van der Waals surface area contributed by atoms with Crippen molar-refractivity contribution >= 4 is 0 Å². The third-order valence-electron chi connectivity index (χ3n) is 5.07. The first-order valence-electron chi connectivity index (χ1n) is 9.79. The van der Waals surface area contributed by atoms with Crippen molar-refractivity contribution in [1.82, 2.24) is 0 Å². The Hall–Kier alpha value is -1.68. The van der Waals surface area contributed by atoms with Gasteiger partial charge in [-0.15, -0.1) is 0 Å². The van der Waals surface area contributed by atoms with Gasteiger partial charge in [0.1, 0.15) is 0 Å². The quantitative estimate of drug-likeness (QED) is 0.532. The molecule has 2 aromatic carbocycles. The van der Waals surface area contributed by atoms with Crippen LogP contribution in [-0.2, 0) is 12.8 Å². The van der Waals surface area contributed by atoms with Gasteiger partial charge >= 0.3 is 0 Å². The summed E-state index contributed by atoms with van der Waals surface area (Å²) in [5, 5.41) is 18.7. The van der Waals surface area contributed by atoms with Crippen LogP contribution in [0.25, 0.3) is 11.1 Å². The van der Waals surface area contributed by atoms with Crippen molar-refractivity contribution in [1.29, 1.82) is 0 Å². The van der Waals surface area contributed by atoms with Gasteiger partial charge < -0.3 is 15.9 Å². The maximum atomic E-state index is 9.33. The fraction of sp³-hybridized carbons (Fsp3) is 0.478. The fourth-order valence-electron chi connectivity index (χ4n) is 3.13. The van der Waals surface area contributed by atoms with Crippen molar-refractivity contribution in [2.24, 2.45) is 5.73 Å². The lowest BCUT2D eigenvalue weighted by molar-refractivity contribution is 0.115. The molecule has 0 saturated carbocycles. The second-order valence-corrected chi connectivity index (χ2v) is 7.39. The zero-order valence-corrected chi connectivity index (χ0v) is 16.0. The highest BCUT2D eigenvalue weighted by molar-refractivity contribution is 5.64. The van der Waals surface area contributed by atoms with Crippen molar-refractivity contribution in [2.45, 2.75) is 57.4 Å². The van der Waals surface area contributed by atoms with Gasteiger partial charge in [0.25, 0.3) is 0 Å². The predicted molar refractivity (Wildman–Crippen MR) is 109 cm³/mol. The molecule has 0 aliphatic carbocycles. The number of unbranched alkanes of at least 4 members (excludes halogenated alkanes) is 3. The fourth-order valence-corrected chi connectivity index (χ4v) is 3.13. The number of aliphatic hydroxyl groups excluding tert-OH is 2. The number of hydrogen-bond acceptors (Lipinski definition) is 3. The Bertz CT molecular complexity index is 648. The second kappa shape index (κ2) is 10.5. The molecule has 0 atom stereocenters. The van der Waals surface area contributed by atoms with Gasteiger partial charge in [0.2, 0.25) is 0 Å². The van der Waals surface area contributed by atoms with E-state index in [1.54, 1.807) is 0 Å². The highest BCUT2D eigenvalue weighted by Crippen LogP contribution is 2.23. The molecule has 0 spiro atoms. The lowest BCUT2D eigenvalue weighted by Crippen LogP contribution is -2.47. The molecular formula is C23H33NO2. The van der Waals surface area contributed by atoms with Crippen molar-refractivity contribution in [3.8, 4) is 11.1 Å². The number of nitrogens with two attached hydrogens (primary N) is 1. The average molecular weight is 356 g/mol. The molecule has 0 radical (unpaired) electrons. The minimum atomic E-state index is -0.907. The summed E-state index contributed by atoms with van der Waals surface area (Å²) in [7, 11) is 0. The molecule has 0 unspecified atom stereocenters. The molecule has 3 nitrogen and oxygen atoms in total. The molecule has 2 rings (SSSR count). The molecule has 0 saturated heterocycles. The molecule has 0 heterocycles. The summed E-state index contributed by atoms with van der Waals surface area (Å²) < 4.78 is 0. The van der Waals surface area contributed by atoms with Crippen LogP contribution in [0.1, 0.15) is 50.2 Å². The van der Waals surface area contributed by atoms with Gasteiger partial charge in [-0.25, -0.2) is 0 Å². The molecule has 0 aromatic heterocycles. The summed E-state index contributed by atoms with van der Waals surface area (Å²) in [5.41, 5.74) is 10.0. The Morgan fingerprint density at radius 2 is 1.54 bits per heavy atom. The van der Waals surface area contributed by atoms with Gasteiger partial charge in [0, 0.05) is 0 Å². The van der Waals surface area contributed by atoms with Crippen LogP contribution in [0.3, 0.4) is 0 Å². The van der Waals surface area contributed by atoms with E-state index in [0.29, 0.717) is 6.42 Å². The number of hydrogen-bond donors (Lipinski definition) is 3. The minimum absolute atomic E-state index is 0.205. The van der Waals surface area contributed by atoms with E-state index in [2.05, 4.69) is 55.5 Å². The smallest absolute Gasteiger partial charge is 0.0633 e. The highest BCUT2D eigenvalue weighted by Gasteiger charge is 2.22. The SMILES string of the molecule is CCCCCCc1ccc(-c2cccc(CCC(N)(CO)CO)c2)cc1. The first-order chi connectivity index (χ1) is 12.6. The number of rotatable bonds is 11. The van der Waals surface area contributed by atoms with Crippen LogP contribution in [0.4, 0.5) is 0 Å². The van der Waals surface area contributed by atoms with E-state index >= 15 is 0 Å². The number of benzene rings is 2. The van der Waals surface area contributed by atoms with Crippen molar-refractivity contribution in [3.05, 3.63) is 59.7 Å². The van der Waals surface area contributed by atoms with Gasteiger partial charge in [0.05, 0.1) is 18.8 Å². The summed E-state index contributed by atoms with van der Waals surface area (Å²) >= 11 is 0. The Morgan fingerprint density at radius 3 is 2.19 bits per heavy atom. The van der Waals surface area contributed by atoms with Gasteiger partial charge in [0.15, 0.2) is 0 Å². The molecule has 0 aliphatic heterocycles. The Labute approximate surface area is 157 Å². The molecule has 0 bridgehead atoms. The first kappa shape index (κ1) is 20.6. The molecule has 26 heavy (non-hydrogen) atoms. The van der Waals surface area contributed by atoms with Crippen LogP contribution in [0, 0.1) is 0 Å². The normalized spacial score (nSPS) is 11.7. The van der Waals surface area contributed by atoms with Crippen LogP contribution in [0.2, 0.25) is 0 Å². The molecular weight excluding hydrogens is 322 g/mol. The minimum Gasteiger partial charge on any atom is -0.394 e. The summed E-state index contributed by atoms with van der Waals surface area (Å²) in [6.45, 7) is 1.83. The van der Waals surface area contributed by atoms with Gasteiger partial charge in [-0.2, -0.15) is 0 Å². The maximum absolute atomic E-state index is 9.33. The highest BCUT2D eigenvalue weighted by atomic mass is 16.3. The average Bonchev–Trinajstić information content (AvgIpc) is 2.70. The summed E-state index contributed by atoms with van der Waals surface area (Å²) in [5.74, 6) is 0. The Morgan fingerprint density at radius 1 is 0.808 bits per heavy atom. The van der Waals surface area contributed by atoms with E-state index < -0.39 is 5.54 Å². The van der Waals surface area contributed by atoms with E-state index in [0.717, 1.165) is 12.8 Å². The Kier molecular flexibility index (Phi) is 8.30. The Balaban J connectivity index is 1.98. The number of aliphatic hydroxyl groups is 2. The molecule has 2 aromatic rings. The lowest BCUT2D eigenvalue weighted by Gasteiger charge is -2.24. The lowest BCUT2D eigenvalue weighted by atomic mass is 9.92. The van der Waals surface area contributed by atoms with Gasteiger partial charge in [-0.05, 0) is 47.9 Å². The van der Waals surface area contributed by atoms with Crippen LogP contribution >= 0.6 is 0 Å². The third-order valence-corrected chi connectivity index (χ3v) is 5.07. The van der Waals surface area contributed by atoms with Crippen molar-refractivity contribution in [3.63, 3.8) is 0 Å². The predicted octanol–water partition coefficient (Wildman–Crippen LogP) is 4.09. The third kappa shape index (κ3) is 6.24. The molecule has 0 aliphatic rings. The second-order valence-electron chi connectivity index (χ2n) is 7.39. The zero-order chi connectivity index (χ0) is 18.8. The summed E-state index contributed by atoms with van der Waals surface area (Å²) in [6.07, 6.45) is 7.62. The van der Waals surface area contributed by atoms with Crippen molar-refractivity contribution < 1.29 is 10.2 Å². The van der Waals surface area contributed by atoms with Gasteiger partial charge in [-0.3, -0.25) is 0 Å². The van der Waals surface area contributed by atoms with Gasteiger partial charge in [-0.1, -0.05) is 74.7 Å². The zero-order valence-electron chi connectivity index (χ0n) is 16.0. The van der Waals surface area contributed by atoms with E-state index in [9.17, 15) is 10.2 Å². The summed E-state index contributed by atoms with van der Waals surface area (Å²) in [6, 6.07) is 17.3. The maximum Gasteiger partial charge on any atom is 0.0633 e. The first-order valence-corrected chi connectivity index (χ1v) is 9.79. The molecule has 0 amide bonds. The summed E-state index contributed by atoms with van der Waals surface area (Å²) in [4.78, 5) is 0. The molecule has 142 valence electrons. The van der Waals surface area contributed by atoms with E-state index in [1.807, 2.05) is 0 Å². The van der Waals surface area contributed by atoms with Crippen LogP contribution in [0.5, 0.6) is 0 Å². The largest absolute Gasteiger partial charge is 0.394 e. The van der Waals surface area contributed by atoms with E-state index in [-0.39, 0.29) is 13.2 Å². The van der Waals surface area contributed by atoms with Crippen LogP contribution in [0.15, 0.2) is 48.5 Å². The monoisotopic (exact) mass is 355 g/mol. The topological polar surface area (TPSA) is 66.5 Å². The van der Waals surface area contributed by atoms with Crippen LogP contribution in [-0.4, -0.2) is 29.0 Å². The standard InChI is InChI=1S/C23H33NO2/c1-2-3-4-5-7-19-10-12-21(13-11-19)22-9-6-8-20(16-22)14-15-23(24,17-25)18-26/h6,8-13,16,25-26H,2-5,7,14-15,17-18,24H2,1H3. The van der Waals surface area contributed by atoms with E-state index in [4.69, 9.17) is 5.73 Å². The number of aryl methyl sites for hydroxylation is 2. The van der Waals surface area contributed by atoms with Crippen molar-refractivity contribution in [2.75, 3.05) is 13.2 Å². The van der Waals surface area contributed by atoms with Crippen LogP contribution < -0.4 is 5.73 Å². The molecule has 3 heteroatoms.